The number of nitrogens with zero attached hydrogens (tertiary/aromatic N) is 6. The number of carboxylic acid groups (broad SMARTS) is 1. The highest BCUT2D eigenvalue weighted by Gasteiger charge is 2.33. The summed E-state index contributed by atoms with van der Waals surface area (Å²) in [6.07, 6.45) is -4.11. The smallest absolute Gasteiger partial charge is 0.419 e. The van der Waals surface area contributed by atoms with Gasteiger partial charge in [0, 0.05) is 44.1 Å². The van der Waals surface area contributed by atoms with E-state index in [0.29, 0.717) is 31.9 Å². The molecule has 0 aromatic carbocycles. The summed E-state index contributed by atoms with van der Waals surface area (Å²) in [5.74, 6) is -0.138. The molecule has 10 nitrogen and oxygen atoms in total. The van der Waals surface area contributed by atoms with Gasteiger partial charge in [-0.3, -0.25) is 9.69 Å². The summed E-state index contributed by atoms with van der Waals surface area (Å²) in [6.45, 7) is 9.66. The van der Waals surface area contributed by atoms with Crippen LogP contribution >= 0.6 is 0 Å². The molecule has 1 N–H and O–H groups in total. The zero-order valence-corrected chi connectivity index (χ0v) is 19.3. The van der Waals surface area contributed by atoms with Gasteiger partial charge in [-0.15, -0.1) is 0 Å². The van der Waals surface area contributed by atoms with Gasteiger partial charge in [0.05, 0.1) is 17.3 Å². The molecule has 1 aromatic heterocycles. The molecule has 0 radical (unpaired) electrons. The Labute approximate surface area is 190 Å². The molecule has 13 heteroatoms. The quantitative estimate of drug-likeness (QED) is 0.498. The summed E-state index contributed by atoms with van der Waals surface area (Å²) in [4.78, 5) is 41.2. The van der Waals surface area contributed by atoms with Crippen molar-refractivity contribution in [2.24, 2.45) is 5.16 Å². The maximum atomic E-state index is 12.6. The van der Waals surface area contributed by atoms with Crippen LogP contribution in [0.1, 0.15) is 40.2 Å². The number of carbonyl (C=O) groups excluding carboxylic acids is 1. The zero-order valence-electron chi connectivity index (χ0n) is 19.3. The molecule has 1 unspecified atom stereocenters. The van der Waals surface area contributed by atoms with Crippen LogP contribution in [0.3, 0.4) is 0 Å². The minimum Gasteiger partial charge on any atom is -0.465 e. The molecule has 2 amide bonds. The topological polar surface area (TPSA) is 111 Å². The molecule has 33 heavy (non-hydrogen) atoms. The highest BCUT2D eigenvalue weighted by Crippen LogP contribution is 2.28. The Morgan fingerprint density at radius 2 is 1.73 bits per heavy atom. The van der Waals surface area contributed by atoms with Gasteiger partial charge in [-0.2, -0.15) is 13.2 Å². The van der Waals surface area contributed by atoms with Crippen molar-refractivity contribution in [2.45, 2.75) is 52.4 Å². The average Bonchev–Trinajstić information content (AvgIpc) is 2.71. The largest absolute Gasteiger partial charge is 0.465 e. The first-order chi connectivity index (χ1) is 15.2. The summed E-state index contributed by atoms with van der Waals surface area (Å²) in [5, 5.41) is 13.4. The highest BCUT2D eigenvalue weighted by molar-refractivity contribution is 5.89. The Hall–Kier alpha value is -3.12. The molecule has 1 atom stereocenters. The first-order valence-corrected chi connectivity index (χ1v) is 10.3. The van der Waals surface area contributed by atoms with Crippen molar-refractivity contribution in [3.05, 3.63) is 18.0 Å². The maximum absolute atomic E-state index is 12.6. The van der Waals surface area contributed by atoms with Crippen molar-refractivity contribution in [1.82, 2.24) is 19.8 Å². The van der Waals surface area contributed by atoms with Crippen LogP contribution in [-0.4, -0.2) is 87.0 Å². The fourth-order valence-electron chi connectivity index (χ4n) is 3.36. The molecule has 0 saturated carbocycles. The molecular formula is C20H29F3N6O4. The van der Waals surface area contributed by atoms with E-state index >= 15 is 0 Å². The molecule has 1 aromatic rings. The highest BCUT2D eigenvalue weighted by atomic mass is 19.4. The Morgan fingerprint density at radius 1 is 1.18 bits per heavy atom. The fourth-order valence-corrected chi connectivity index (χ4v) is 3.36. The predicted octanol–water partition coefficient (Wildman–Crippen LogP) is 2.70. The van der Waals surface area contributed by atoms with E-state index < -0.39 is 29.4 Å². The maximum Gasteiger partial charge on any atom is 0.419 e. The number of hydrogen-bond acceptors (Lipinski definition) is 7. The molecule has 184 valence electrons. The molecule has 2 rings (SSSR count). The number of amides is 2. The molecule has 0 spiro atoms. The van der Waals surface area contributed by atoms with E-state index in [1.165, 1.54) is 4.90 Å². The van der Waals surface area contributed by atoms with Crippen LogP contribution in [0, 0.1) is 0 Å². The van der Waals surface area contributed by atoms with Crippen molar-refractivity contribution in [3.63, 3.8) is 0 Å². The van der Waals surface area contributed by atoms with Crippen LogP contribution in [0.15, 0.2) is 17.5 Å². The van der Waals surface area contributed by atoms with E-state index in [4.69, 9.17) is 4.84 Å². The number of anilines is 1. The van der Waals surface area contributed by atoms with Crippen LogP contribution in [0.25, 0.3) is 0 Å². The van der Waals surface area contributed by atoms with Crippen LogP contribution in [-0.2, 0) is 15.8 Å². The molecule has 0 bridgehead atoms. The van der Waals surface area contributed by atoms with E-state index in [2.05, 4.69) is 15.1 Å². The normalized spacial score (nSPS) is 16.4. The summed E-state index contributed by atoms with van der Waals surface area (Å²) in [5.41, 5.74) is -1.16. The standard InChI is InChI=1S/C20H29F3N6O4/c1-13(14(2)29(18(31)32)19(3,4)5)26-33-12-16(30)27-6-8-28(9-7-27)17-24-10-15(11-25-17)20(21,22)23/h10-11,14H,6-9,12H2,1-5H3,(H,31,32)/b26-13+. The minimum atomic E-state index is -4.50. The molecule has 1 aliphatic heterocycles. The van der Waals surface area contributed by atoms with Crippen molar-refractivity contribution in [3.8, 4) is 0 Å². The lowest BCUT2D eigenvalue weighted by Crippen LogP contribution is -2.52. The Bertz CT molecular complexity index is 862. The van der Waals surface area contributed by atoms with Gasteiger partial charge < -0.3 is 19.7 Å². The zero-order chi connectivity index (χ0) is 25.0. The molecule has 2 heterocycles. The number of oxime groups is 1. The van der Waals surface area contributed by atoms with Crippen LogP contribution < -0.4 is 4.90 Å². The summed E-state index contributed by atoms with van der Waals surface area (Å²) in [7, 11) is 0. The number of alkyl halides is 3. The summed E-state index contributed by atoms with van der Waals surface area (Å²) >= 11 is 0. The second-order valence-electron chi connectivity index (χ2n) is 8.64. The van der Waals surface area contributed by atoms with Gasteiger partial charge in [0.2, 0.25) is 5.95 Å². The van der Waals surface area contributed by atoms with E-state index in [1.807, 2.05) is 0 Å². The number of rotatable bonds is 6. The van der Waals surface area contributed by atoms with Crippen LogP contribution in [0.5, 0.6) is 0 Å². The Morgan fingerprint density at radius 3 is 2.18 bits per heavy atom. The average molecular weight is 474 g/mol. The fraction of sp³-hybridized carbons (Fsp3) is 0.650. The summed E-state index contributed by atoms with van der Waals surface area (Å²) < 4.78 is 37.9. The second-order valence-corrected chi connectivity index (χ2v) is 8.64. The van der Waals surface area contributed by atoms with E-state index in [1.54, 1.807) is 44.4 Å². The first-order valence-electron chi connectivity index (χ1n) is 10.3. The van der Waals surface area contributed by atoms with E-state index in [9.17, 15) is 27.9 Å². The number of carbonyl (C=O) groups is 2. The lowest BCUT2D eigenvalue weighted by molar-refractivity contribution is -0.138. The Kier molecular flexibility index (Phi) is 8.09. The third kappa shape index (κ3) is 6.93. The van der Waals surface area contributed by atoms with Gasteiger partial charge in [-0.05, 0) is 34.6 Å². The molecule has 1 saturated heterocycles. The van der Waals surface area contributed by atoms with Crippen LogP contribution in [0.2, 0.25) is 0 Å². The van der Waals surface area contributed by atoms with Crippen molar-refractivity contribution in [2.75, 3.05) is 37.7 Å². The number of piperazine rings is 1. The van der Waals surface area contributed by atoms with Gasteiger partial charge in [0.25, 0.3) is 5.91 Å². The van der Waals surface area contributed by atoms with Crippen molar-refractivity contribution in [1.29, 1.82) is 0 Å². The minimum absolute atomic E-state index is 0.169. The molecule has 1 fully saturated rings. The van der Waals surface area contributed by atoms with Gasteiger partial charge in [0.1, 0.15) is 0 Å². The lowest BCUT2D eigenvalue weighted by atomic mass is 10.0. The number of aromatic nitrogens is 2. The van der Waals surface area contributed by atoms with E-state index in [-0.39, 0.29) is 18.5 Å². The third-order valence-electron chi connectivity index (χ3n) is 5.20. The predicted molar refractivity (Wildman–Crippen MR) is 114 cm³/mol. The van der Waals surface area contributed by atoms with Gasteiger partial charge in [0.15, 0.2) is 6.61 Å². The SMILES string of the molecule is C/C(=N\OCC(=O)N1CCN(c2ncc(C(F)(F)F)cn2)CC1)C(C)N(C(=O)O)C(C)(C)C. The Balaban J connectivity index is 1.86. The van der Waals surface area contributed by atoms with E-state index in [0.717, 1.165) is 12.4 Å². The van der Waals surface area contributed by atoms with Gasteiger partial charge in [-0.25, -0.2) is 14.8 Å². The number of hydrogen-bond donors (Lipinski definition) is 1. The molecule has 0 aliphatic carbocycles. The van der Waals surface area contributed by atoms with Crippen molar-refractivity contribution < 1.29 is 32.7 Å². The third-order valence-corrected chi connectivity index (χ3v) is 5.20. The first kappa shape index (κ1) is 26.1. The monoisotopic (exact) mass is 474 g/mol. The van der Waals surface area contributed by atoms with Gasteiger partial charge >= 0.3 is 12.3 Å². The summed E-state index contributed by atoms with van der Waals surface area (Å²) in [6, 6.07) is -0.551. The molecule has 1 aliphatic rings. The second kappa shape index (κ2) is 10.2. The van der Waals surface area contributed by atoms with Crippen molar-refractivity contribution >= 4 is 23.7 Å². The number of halogens is 3. The van der Waals surface area contributed by atoms with Gasteiger partial charge in [-0.1, -0.05) is 5.16 Å². The lowest BCUT2D eigenvalue weighted by Gasteiger charge is -2.37. The van der Waals surface area contributed by atoms with Crippen LogP contribution in [0.4, 0.5) is 23.9 Å². The molecular weight excluding hydrogens is 445 g/mol.